The molecule has 0 aliphatic heterocycles. The van der Waals surface area contributed by atoms with Crippen molar-refractivity contribution in [3.05, 3.63) is 0 Å². The highest BCUT2D eigenvalue weighted by atomic mass is 16.4. The molecule has 0 rings (SSSR count). The van der Waals surface area contributed by atoms with E-state index in [1.54, 1.807) is 7.05 Å². The molecule has 6 N–H and O–H groups in total. The van der Waals surface area contributed by atoms with Crippen LogP contribution in [0.4, 0.5) is 0 Å². The molecule has 0 aliphatic rings. The number of carbonyl (C=O) groups is 4. The maximum Gasteiger partial charge on any atom is 0.321 e. The number of carboxylic acid groups (broad SMARTS) is 1. The van der Waals surface area contributed by atoms with Crippen LogP contribution in [-0.2, 0) is 19.2 Å². The molecule has 2 unspecified atom stereocenters. The number of likely N-dealkylation sites (N-methyl/N-ethyl adjacent to an activating group) is 2. The number of carbonyl (C=O) groups excluding carboxylic acids is 3. The van der Waals surface area contributed by atoms with Crippen LogP contribution < -0.4 is 21.7 Å². The van der Waals surface area contributed by atoms with E-state index in [4.69, 9.17) is 10.8 Å². The van der Waals surface area contributed by atoms with Gasteiger partial charge in [0.25, 0.3) is 0 Å². The molecule has 0 saturated carbocycles. The fourth-order valence-electron chi connectivity index (χ4n) is 1.25. The fraction of sp³-hybridized carbons (Fsp3) is 0.667. The Hall–Kier alpha value is -2.00. The average molecular weight is 304 g/mol. The van der Waals surface area contributed by atoms with Crippen molar-refractivity contribution in [3.63, 3.8) is 0 Å². The average Bonchev–Trinajstić information content (AvgIpc) is 2.41. The van der Waals surface area contributed by atoms with Crippen LogP contribution in [0.1, 0.15) is 19.8 Å². The molecule has 0 fully saturated rings. The molecule has 0 bridgehead atoms. The highest BCUT2D eigenvalue weighted by Gasteiger charge is 2.17. The van der Waals surface area contributed by atoms with Gasteiger partial charge in [-0.15, -0.1) is 0 Å². The Balaban J connectivity index is 0. The summed E-state index contributed by atoms with van der Waals surface area (Å²) in [7, 11) is 4.59. The van der Waals surface area contributed by atoms with Crippen molar-refractivity contribution in [1.82, 2.24) is 16.0 Å². The summed E-state index contributed by atoms with van der Waals surface area (Å²) in [5, 5.41) is 16.0. The number of hydrogen-bond donors (Lipinski definition) is 5. The lowest BCUT2D eigenvalue weighted by Gasteiger charge is -2.08. The zero-order valence-electron chi connectivity index (χ0n) is 12.7. The molecule has 0 aromatic heterocycles. The fourth-order valence-corrected chi connectivity index (χ4v) is 1.25. The Bertz CT molecular complexity index is 373. The second-order valence-electron chi connectivity index (χ2n) is 4.18. The molecule has 0 aromatic carbocycles. The third kappa shape index (κ3) is 11.5. The van der Waals surface area contributed by atoms with Gasteiger partial charge in [-0.2, -0.15) is 0 Å². The van der Waals surface area contributed by atoms with Crippen LogP contribution in [0.3, 0.4) is 0 Å². The third-order valence-corrected chi connectivity index (χ3v) is 2.56. The van der Waals surface area contributed by atoms with Gasteiger partial charge in [0.05, 0.1) is 12.5 Å². The first-order valence-electron chi connectivity index (χ1n) is 6.26. The Morgan fingerprint density at radius 2 is 1.48 bits per heavy atom. The van der Waals surface area contributed by atoms with E-state index < -0.39 is 24.0 Å². The molecule has 9 heteroatoms. The number of rotatable bonds is 8. The van der Waals surface area contributed by atoms with Crippen molar-refractivity contribution in [2.45, 2.75) is 31.8 Å². The Morgan fingerprint density at radius 3 is 1.67 bits per heavy atom. The lowest BCUT2D eigenvalue weighted by atomic mass is 10.1. The quantitative estimate of drug-likeness (QED) is 0.342. The molecule has 2 atom stereocenters. The first-order valence-corrected chi connectivity index (χ1v) is 6.26. The summed E-state index contributed by atoms with van der Waals surface area (Å²) in [6.45, 7) is 1.42. The molecule has 21 heavy (non-hydrogen) atoms. The van der Waals surface area contributed by atoms with Crippen LogP contribution in [0.2, 0.25) is 0 Å². The highest BCUT2D eigenvalue weighted by molar-refractivity contribution is 5.87. The maximum atomic E-state index is 10.7. The minimum Gasteiger partial charge on any atom is -0.480 e. The van der Waals surface area contributed by atoms with Gasteiger partial charge in [-0.25, -0.2) is 0 Å². The zero-order chi connectivity index (χ0) is 17.0. The van der Waals surface area contributed by atoms with Crippen molar-refractivity contribution in [2.24, 2.45) is 5.73 Å². The predicted molar refractivity (Wildman–Crippen MR) is 76.5 cm³/mol. The predicted octanol–water partition coefficient (Wildman–Crippen LogP) is -2.17. The van der Waals surface area contributed by atoms with Crippen LogP contribution in [-0.4, -0.2) is 61.9 Å². The molecular weight excluding hydrogens is 280 g/mol. The number of carboxylic acids is 1. The van der Waals surface area contributed by atoms with Crippen molar-refractivity contribution in [2.75, 3.05) is 21.1 Å². The van der Waals surface area contributed by atoms with Crippen LogP contribution in [0.15, 0.2) is 0 Å². The summed E-state index contributed by atoms with van der Waals surface area (Å²) < 4.78 is 0. The summed E-state index contributed by atoms with van der Waals surface area (Å²) in [6, 6.07) is -1.22. The Kier molecular flexibility index (Phi) is 12.0. The molecule has 2 amide bonds. The number of nitrogens with two attached hydrogens (primary N) is 1. The number of aliphatic carboxylic acids is 1. The molecular formula is C12H24N4O5. The van der Waals surface area contributed by atoms with Crippen LogP contribution in [0.5, 0.6) is 0 Å². The van der Waals surface area contributed by atoms with Gasteiger partial charge in [-0.1, -0.05) is 0 Å². The van der Waals surface area contributed by atoms with E-state index in [-0.39, 0.29) is 24.5 Å². The minimum atomic E-state index is -1.02. The topological polar surface area (TPSA) is 151 Å². The molecule has 0 spiro atoms. The van der Waals surface area contributed by atoms with Crippen LogP contribution >= 0.6 is 0 Å². The zero-order valence-corrected chi connectivity index (χ0v) is 12.7. The van der Waals surface area contributed by atoms with Crippen LogP contribution in [0.25, 0.3) is 0 Å². The second-order valence-corrected chi connectivity index (χ2v) is 4.18. The van der Waals surface area contributed by atoms with Gasteiger partial charge in [0, 0.05) is 13.5 Å². The number of ketones is 1. The second kappa shape index (κ2) is 11.8. The minimum absolute atomic E-state index is 0.0394. The first kappa shape index (κ1) is 21.3. The monoisotopic (exact) mass is 304 g/mol. The van der Waals surface area contributed by atoms with E-state index in [0.29, 0.717) is 0 Å². The number of Topliss-reactive ketones (excluding diaryl/α,β-unsaturated/α-hetero) is 1. The van der Waals surface area contributed by atoms with Gasteiger partial charge < -0.3 is 26.8 Å². The number of amides is 2. The van der Waals surface area contributed by atoms with Crippen LogP contribution in [0, 0.1) is 0 Å². The summed E-state index contributed by atoms with van der Waals surface area (Å²) >= 11 is 0. The Morgan fingerprint density at radius 1 is 1.00 bits per heavy atom. The number of hydrogen-bond acceptors (Lipinski definition) is 6. The molecule has 122 valence electrons. The highest BCUT2D eigenvalue weighted by Crippen LogP contribution is 1.91. The summed E-state index contributed by atoms with van der Waals surface area (Å²) in [6.07, 6.45) is 0.0359. The Labute approximate surface area is 123 Å². The lowest BCUT2D eigenvalue weighted by molar-refractivity contribution is -0.141. The summed E-state index contributed by atoms with van der Waals surface area (Å²) in [5.74, 6) is -1.83. The van der Waals surface area contributed by atoms with Gasteiger partial charge in [-0.3, -0.25) is 19.2 Å². The molecule has 0 aliphatic carbocycles. The van der Waals surface area contributed by atoms with Gasteiger partial charge in [-0.05, 0) is 21.0 Å². The van der Waals surface area contributed by atoms with E-state index >= 15 is 0 Å². The number of nitrogens with one attached hydrogen (secondary N) is 3. The molecule has 0 saturated heterocycles. The molecule has 0 heterocycles. The van der Waals surface area contributed by atoms with Gasteiger partial charge >= 0.3 is 5.97 Å². The smallest absolute Gasteiger partial charge is 0.321 e. The standard InChI is InChI=1S/C6H12N2O3.C6H12N2O2/c1-7-4(6(10)11)3-5(9)8-2;1-4(9)5(8-2)3-6(7)10/h4,7H,3H2,1-2H3,(H,8,9)(H,10,11);5,8H,3H2,1-2H3,(H2,7,10). The van der Waals surface area contributed by atoms with Crippen molar-refractivity contribution >= 4 is 23.6 Å². The number of primary amides is 1. The largest absolute Gasteiger partial charge is 0.480 e. The molecule has 0 aromatic rings. The third-order valence-electron chi connectivity index (χ3n) is 2.56. The van der Waals surface area contributed by atoms with E-state index in [9.17, 15) is 19.2 Å². The van der Waals surface area contributed by atoms with Gasteiger partial charge in [0.2, 0.25) is 11.8 Å². The normalized spacial score (nSPS) is 12.4. The van der Waals surface area contributed by atoms with Gasteiger partial charge in [0.1, 0.15) is 11.8 Å². The first-order chi connectivity index (χ1) is 9.69. The maximum absolute atomic E-state index is 10.7. The summed E-state index contributed by atoms with van der Waals surface area (Å²) in [4.78, 5) is 42.0. The molecule has 9 nitrogen and oxygen atoms in total. The van der Waals surface area contributed by atoms with Crippen molar-refractivity contribution < 1.29 is 24.3 Å². The summed E-state index contributed by atoms with van der Waals surface area (Å²) in [5.41, 5.74) is 4.88. The van der Waals surface area contributed by atoms with E-state index in [2.05, 4.69) is 16.0 Å². The van der Waals surface area contributed by atoms with Crippen molar-refractivity contribution in [1.29, 1.82) is 0 Å². The molecule has 0 radical (unpaired) electrons. The van der Waals surface area contributed by atoms with E-state index in [0.717, 1.165) is 0 Å². The van der Waals surface area contributed by atoms with Gasteiger partial charge in [0.15, 0.2) is 0 Å². The van der Waals surface area contributed by atoms with E-state index in [1.807, 2.05) is 0 Å². The lowest BCUT2D eigenvalue weighted by Crippen LogP contribution is -2.38. The van der Waals surface area contributed by atoms with Crippen molar-refractivity contribution in [3.8, 4) is 0 Å². The van der Waals surface area contributed by atoms with E-state index in [1.165, 1.54) is 21.0 Å². The SMILES string of the molecule is CNC(=O)CC(NC)C(=O)O.CNC(CC(N)=O)C(C)=O.